The molecule has 1 aromatic heterocycles. The summed E-state index contributed by atoms with van der Waals surface area (Å²) in [7, 11) is -2.70. The van der Waals surface area contributed by atoms with Crippen LogP contribution in [0.15, 0.2) is 241 Å². The van der Waals surface area contributed by atoms with E-state index in [4.69, 9.17) is 4.42 Å². The number of fused-ring (bicyclic) bond motifs is 5. The number of furan rings is 1. The molecule has 10 aromatic carbocycles. The molecular formula is C68H55NOSi. The highest BCUT2D eigenvalue weighted by Crippen LogP contribution is 2.47. The van der Waals surface area contributed by atoms with Crippen molar-refractivity contribution in [1.82, 2.24) is 0 Å². The summed E-state index contributed by atoms with van der Waals surface area (Å²) in [6.07, 6.45) is 9.38. The number of hydrogen-bond acceptors (Lipinski definition) is 2. The Bertz CT molecular complexity index is 3520. The Balaban J connectivity index is 0.936. The zero-order valence-electron chi connectivity index (χ0n) is 40.0. The molecule has 11 aromatic rings. The molecule has 2 nitrogen and oxygen atoms in total. The molecule has 13 rings (SSSR count). The van der Waals surface area contributed by atoms with Crippen LogP contribution in [0.3, 0.4) is 0 Å². The topological polar surface area (TPSA) is 16.4 Å². The lowest BCUT2D eigenvalue weighted by Gasteiger charge is -2.35. The number of nitrogens with zero attached hydrogens (tertiary/aromatic N) is 1. The molecule has 3 heteroatoms. The zero-order valence-corrected chi connectivity index (χ0v) is 41.0. The van der Waals surface area contributed by atoms with Gasteiger partial charge in [-0.1, -0.05) is 182 Å². The molecular weight excluding hydrogens is 875 g/mol. The van der Waals surface area contributed by atoms with Gasteiger partial charge in [-0.15, -0.1) is 0 Å². The van der Waals surface area contributed by atoms with Crippen molar-refractivity contribution in [1.29, 1.82) is 0 Å². The van der Waals surface area contributed by atoms with Gasteiger partial charge in [-0.3, -0.25) is 0 Å². The van der Waals surface area contributed by atoms with Gasteiger partial charge in [0, 0.05) is 27.8 Å². The van der Waals surface area contributed by atoms with Crippen LogP contribution in [0.1, 0.15) is 47.9 Å². The molecule has 0 radical (unpaired) electrons. The van der Waals surface area contributed by atoms with Crippen LogP contribution in [0.2, 0.25) is 0 Å². The number of rotatable bonds is 10. The van der Waals surface area contributed by atoms with Crippen LogP contribution in [-0.2, 0) is 25.7 Å². The Morgan fingerprint density at radius 1 is 0.296 bits per heavy atom. The highest BCUT2D eigenvalue weighted by atomic mass is 28.3. The second-order valence-corrected chi connectivity index (χ2v) is 23.4. The van der Waals surface area contributed by atoms with E-state index in [-0.39, 0.29) is 0 Å². The number of para-hydroxylation sites is 1. The average molecular weight is 930 g/mol. The second-order valence-electron chi connectivity index (χ2n) is 19.6. The van der Waals surface area contributed by atoms with Crippen molar-refractivity contribution >= 4 is 67.8 Å². The number of benzene rings is 10. The largest absolute Gasteiger partial charge is 0.456 e. The lowest BCUT2D eigenvalue weighted by Crippen LogP contribution is -2.74. The Kier molecular flexibility index (Phi) is 11.2. The van der Waals surface area contributed by atoms with Crippen LogP contribution >= 0.6 is 0 Å². The van der Waals surface area contributed by atoms with E-state index in [2.05, 4.69) is 241 Å². The third-order valence-corrected chi connectivity index (χ3v) is 20.4. The van der Waals surface area contributed by atoms with Crippen molar-refractivity contribution in [2.75, 3.05) is 4.90 Å². The highest BCUT2D eigenvalue weighted by molar-refractivity contribution is 7.19. The smallest absolute Gasteiger partial charge is 0.179 e. The van der Waals surface area contributed by atoms with Crippen LogP contribution in [0, 0.1) is 0 Å². The fraction of sp³-hybridized carbons (Fsp3) is 0.118. The molecule has 0 bridgehead atoms. The fourth-order valence-corrected chi connectivity index (χ4v) is 17.2. The molecule has 342 valence electrons. The fourth-order valence-electron chi connectivity index (χ4n) is 12.4. The minimum atomic E-state index is -2.70. The maximum Gasteiger partial charge on any atom is 0.179 e. The van der Waals surface area contributed by atoms with Crippen molar-refractivity contribution in [2.24, 2.45) is 0 Å². The van der Waals surface area contributed by atoms with Gasteiger partial charge in [-0.05, 0) is 182 Å². The number of anilines is 3. The van der Waals surface area contributed by atoms with E-state index in [0.29, 0.717) is 0 Å². The predicted molar refractivity (Wildman–Crippen MR) is 302 cm³/mol. The molecule has 0 fully saturated rings. The lowest BCUT2D eigenvalue weighted by molar-refractivity contribution is 0.662. The Hall–Kier alpha value is -7.98. The van der Waals surface area contributed by atoms with E-state index >= 15 is 0 Å². The molecule has 0 atom stereocenters. The quantitative estimate of drug-likeness (QED) is 0.100. The third-order valence-electron chi connectivity index (χ3n) is 15.6. The first-order chi connectivity index (χ1) is 35.2. The van der Waals surface area contributed by atoms with Gasteiger partial charge in [0.05, 0.1) is 0 Å². The third kappa shape index (κ3) is 7.55. The van der Waals surface area contributed by atoms with Gasteiger partial charge in [0.15, 0.2) is 8.07 Å². The minimum absolute atomic E-state index is 0.958. The first-order valence-corrected chi connectivity index (χ1v) is 27.7. The summed E-state index contributed by atoms with van der Waals surface area (Å²) in [5.74, 6) is 0. The minimum Gasteiger partial charge on any atom is -0.456 e. The molecule has 1 heterocycles. The van der Waals surface area contributed by atoms with Gasteiger partial charge in [0.1, 0.15) is 11.2 Å². The summed E-state index contributed by atoms with van der Waals surface area (Å²) in [6, 6.07) is 88.0. The summed E-state index contributed by atoms with van der Waals surface area (Å²) in [4.78, 5) is 2.45. The van der Waals surface area contributed by atoms with Gasteiger partial charge in [-0.2, -0.15) is 0 Å². The van der Waals surface area contributed by atoms with Crippen molar-refractivity contribution in [3.05, 3.63) is 259 Å². The van der Waals surface area contributed by atoms with Crippen LogP contribution in [0.4, 0.5) is 17.1 Å². The molecule has 0 saturated carbocycles. The van der Waals surface area contributed by atoms with Gasteiger partial charge < -0.3 is 9.32 Å². The summed E-state index contributed by atoms with van der Waals surface area (Å²) >= 11 is 0. The van der Waals surface area contributed by atoms with Gasteiger partial charge in [-0.25, -0.2) is 0 Å². The predicted octanol–water partition coefficient (Wildman–Crippen LogP) is 15.2. The van der Waals surface area contributed by atoms with Crippen LogP contribution < -0.4 is 25.6 Å². The molecule has 2 aliphatic rings. The summed E-state index contributed by atoms with van der Waals surface area (Å²) < 4.78 is 6.49. The van der Waals surface area contributed by atoms with E-state index in [0.717, 1.165) is 53.9 Å². The molecule has 0 spiro atoms. The maximum absolute atomic E-state index is 6.49. The Morgan fingerprint density at radius 2 is 0.662 bits per heavy atom. The highest BCUT2D eigenvalue weighted by Gasteiger charge is 2.41. The van der Waals surface area contributed by atoms with Crippen LogP contribution in [0.5, 0.6) is 0 Å². The average Bonchev–Trinajstić information content (AvgIpc) is 3.83. The monoisotopic (exact) mass is 929 g/mol. The number of hydrogen-bond donors (Lipinski definition) is 0. The molecule has 0 saturated heterocycles. The first-order valence-electron chi connectivity index (χ1n) is 25.7. The van der Waals surface area contributed by atoms with Crippen LogP contribution in [-0.4, -0.2) is 8.07 Å². The normalized spacial score (nSPS) is 13.5. The maximum atomic E-state index is 6.49. The van der Waals surface area contributed by atoms with E-state index in [9.17, 15) is 0 Å². The standard InChI is InChI=1S/C68H55NOSi/c1-5-19-48(20-6-1)49-33-38-52(39-34-49)69(54-42-44-58(45-43-54)71(55-21-7-2-8-22-55,56-23-9-3-10-24-56)57-25-11-4-12-26-57)53-40-35-50(36-41-53)67-61-28-13-15-30-63(61)68(64-31-16-14-29-62(64)67)51-37-46-60-59-27-17-18-32-65(59)70-66(60)47-51/h1-12,17-27,32-47H,13-16,28-31H2. The van der Waals surface area contributed by atoms with E-state index < -0.39 is 8.07 Å². The Morgan fingerprint density at radius 3 is 1.17 bits per heavy atom. The zero-order chi connectivity index (χ0) is 47.1. The Labute approximate surface area is 418 Å². The van der Waals surface area contributed by atoms with Gasteiger partial charge >= 0.3 is 0 Å². The van der Waals surface area contributed by atoms with E-state index in [1.165, 1.54) is 90.6 Å². The van der Waals surface area contributed by atoms with Crippen molar-refractivity contribution in [3.63, 3.8) is 0 Å². The lowest BCUT2D eigenvalue weighted by atomic mass is 9.73. The summed E-state index contributed by atoms with van der Waals surface area (Å²) in [5.41, 5.74) is 19.7. The summed E-state index contributed by atoms with van der Waals surface area (Å²) in [5, 5.41) is 7.86. The van der Waals surface area contributed by atoms with Crippen molar-refractivity contribution in [3.8, 4) is 33.4 Å². The SMILES string of the molecule is c1ccc(-c2ccc(N(c3ccc(-c4c5c(c(-c6ccc7c(c6)oc6ccccc67)c6c4CCCC6)CCCC5)cc3)c3ccc([Si](c4ccccc4)(c4ccccc4)c4ccccc4)cc3)cc2)cc1. The molecule has 0 amide bonds. The molecule has 71 heavy (non-hydrogen) atoms. The molecule has 0 N–H and O–H groups in total. The molecule has 2 aliphatic carbocycles. The van der Waals surface area contributed by atoms with E-state index in [1.54, 1.807) is 22.3 Å². The molecule has 0 aliphatic heterocycles. The molecule has 0 unspecified atom stereocenters. The van der Waals surface area contributed by atoms with Crippen molar-refractivity contribution < 1.29 is 4.42 Å². The second kappa shape index (κ2) is 18.4. The first kappa shape index (κ1) is 43.1. The summed E-state index contributed by atoms with van der Waals surface area (Å²) in [6.45, 7) is 0. The van der Waals surface area contributed by atoms with Gasteiger partial charge in [0.25, 0.3) is 0 Å². The van der Waals surface area contributed by atoms with E-state index in [1.807, 2.05) is 0 Å². The van der Waals surface area contributed by atoms with Crippen LogP contribution in [0.25, 0.3) is 55.3 Å². The van der Waals surface area contributed by atoms with Crippen molar-refractivity contribution in [2.45, 2.75) is 51.4 Å². The van der Waals surface area contributed by atoms with Gasteiger partial charge in [0.2, 0.25) is 0 Å².